The molecule has 0 rings (SSSR count). The monoisotopic (exact) mass is 747 g/mol. The summed E-state index contributed by atoms with van der Waals surface area (Å²) in [5.41, 5.74) is 0. The van der Waals surface area contributed by atoms with E-state index >= 15 is 0 Å². The Kier molecular flexibility index (Phi) is 41.2. The van der Waals surface area contributed by atoms with E-state index in [-0.39, 0.29) is 31.6 Å². The molecule has 0 spiro atoms. The molecule has 5 nitrogen and oxygen atoms in total. The van der Waals surface area contributed by atoms with Gasteiger partial charge < -0.3 is 14.2 Å². The minimum atomic E-state index is -0.602. The van der Waals surface area contributed by atoms with Crippen molar-refractivity contribution >= 4 is 11.9 Å². The minimum Gasteiger partial charge on any atom is -0.462 e. The van der Waals surface area contributed by atoms with Gasteiger partial charge in [-0.3, -0.25) is 9.59 Å². The summed E-state index contributed by atoms with van der Waals surface area (Å²) in [6, 6.07) is 0. The third kappa shape index (κ3) is 41.3. The first-order valence-corrected chi connectivity index (χ1v) is 21.4. The highest BCUT2D eigenvalue weighted by atomic mass is 16.6. The van der Waals surface area contributed by atoms with Gasteiger partial charge in [0.05, 0.1) is 13.0 Å². The highest BCUT2D eigenvalue weighted by Gasteiger charge is 2.17. The van der Waals surface area contributed by atoms with Gasteiger partial charge in [-0.25, -0.2) is 0 Å². The summed E-state index contributed by atoms with van der Waals surface area (Å²) in [6.45, 7) is 7.39. The number of allylic oxidation sites excluding steroid dienone is 17. The first kappa shape index (κ1) is 50.6. The molecule has 0 aromatic carbocycles. The van der Waals surface area contributed by atoms with Crippen LogP contribution in [0.2, 0.25) is 0 Å². The van der Waals surface area contributed by atoms with Crippen LogP contribution in [0.15, 0.2) is 109 Å². The van der Waals surface area contributed by atoms with E-state index in [1.807, 2.05) is 12.2 Å². The lowest BCUT2D eigenvalue weighted by Gasteiger charge is -2.18. The zero-order valence-corrected chi connectivity index (χ0v) is 34.7. The average molecular weight is 747 g/mol. The summed E-state index contributed by atoms with van der Waals surface area (Å²) in [7, 11) is 0. The number of unbranched alkanes of at least 4 members (excludes halogenated alkanes) is 9. The van der Waals surface area contributed by atoms with Crippen LogP contribution in [-0.4, -0.2) is 37.9 Å². The molecule has 0 saturated carbocycles. The Bertz CT molecular complexity index is 1120. The lowest BCUT2D eigenvalue weighted by molar-refractivity contribution is -0.162. The van der Waals surface area contributed by atoms with Gasteiger partial charge in [-0.1, -0.05) is 175 Å². The van der Waals surface area contributed by atoms with Crippen molar-refractivity contribution < 1.29 is 23.8 Å². The van der Waals surface area contributed by atoms with Crippen molar-refractivity contribution in [3.8, 4) is 0 Å². The molecule has 0 aromatic heterocycles. The van der Waals surface area contributed by atoms with Crippen molar-refractivity contribution in [2.75, 3.05) is 19.8 Å². The van der Waals surface area contributed by atoms with E-state index in [2.05, 4.69) is 118 Å². The largest absolute Gasteiger partial charge is 0.462 e. The Hall–Kier alpha value is -3.44. The fourth-order valence-electron chi connectivity index (χ4n) is 5.22. The van der Waals surface area contributed by atoms with E-state index in [1.54, 1.807) is 0 Å². The second-order valence-electron chi connectivity index (χ2n) is 13.5. The Morgan fingerprint density at radius 3 is 1.43 bits per heavy atom. The zero-order chi connectivity index (χ0) is 39.3. The SMILES string of the molecule is CC/C=C\C/C=C\C/C=C\C/C=C\C/C=C\CC(=O)OC(COCCCCCCCC)COC(=O)CCCCCC/C=C\C/C=C\C/C=C\C/C=C\CC. The maximum absolute atomic E-state index is 12.6. The molecular weight excluding hydrogens is 669 g/mol. The highest BCUT2D eigenvalue weighted by molar-refractivity contribution is 5.71. The molecule has 0 N–H and O–H groups in total. The normalized spacial score (nSPS) is 13.3. The fraction of sp³-hybridized carbons (Fsp3) is 0.592. The Labute approximate surface area is 332 Å². The van der Waals surface area contributed by atoms with Crippen LogP contribution in [0.1, 0.15) is 162 Å². The van der Waals surface area contributed by atoms with Gasteiger partial charge in [-0.05, 0) is 83.5 Å². The molecule has 0 bridgehead atoms. The molecule has 1 atom stereocenters. The molecule has 0 saturated heterocycles. The molecule has 304 valence electrons. The lowest BCUT2D eigenvalue weighted by Crippen LogP contribution is -2.29. The van der Waals surface area contributed by atoms with Crippen molar-refractivity contribution in [1.29, 1.82) is 0 Å². The molecule has 0 fully saturated rings. The maximum Gasteiger partial charge on any atom is 0.310 e. The van der Waals surface area contributed by atoms with E-state index in [1.165, 1.54) is 25.7 Å². The lowest BCUT2D eigenvalue weighted by atomic mass is 10.1. The number of ether oxygens (including phenoxy) is 3. The molecule has 0 aromatic rings. The van der Waals surface area contributed by atoms with Crippen molar-refractivity contribution in [1.82, 2.24) is 0 Å². The van der Waals surface area contributed by atoms with Crippen molar-refractivity contribution in [2.24, 2.45) is 0 Å². The van der Waals surface area contributed by atoms with Gasteiger partial charge in [-0.2, -0.15) is 0 Å². The fourth-order valence-corrected chi connectivity index (χ4v) is 5.22. The van der Waals surface area contributed by atoms with Crippen LogP contribution in [0.4, 0.5) is 0 Å². The number of carbonyl (C=O) groups is 2. The smallest absolute Gasteiger partial charge is 0.310 e. The van der Waals surface area contributed by atoms with Gasteiger partial charge in [0.15, 0.2) is 6.10 Å². The number of hydrogen-bond donors (Lipinski definition) is 0. The summed E-state index contributed by atoms with van der Waals surface area (Å²) >= 11 is 0. The van der Waals surface area contributed by atoms with Crippen LogP contribution in [-0.2, 0) is 23.8 Å². The third-order valence-electron chi connectivity index (χ3n) is 8.34. The number of esters is 2. The van der Waals surface area contributed by atoms with Crippen LogP contribution in [0, 0.1) is 0 Å². The summed E-state index contributed by atoms with van der Waals surface area (Å²) in [5, 5.41) is 0. The Morgan fingerprint density at radius 2 is 0.889 bits per heavy atom. The van der Waals surface area contributed by atoms with E-state index < -0.39 is 6.10 Å². The van der Waals surface area contributed by atoms with Gasteiger partial charge >= 0.3 is 11.9 Å². The summed E-state index contributed by atoms with van der Waals surface area (Å²) in [4.78, 5) is 25.1. The van der Waals surface area contributed by atoms with E-state index in [0.717, 1.165) is 103 Å². The number of carbonyl (C=O) groups excluding carboxylic acids is 2. The standard InChI is InChI=1S/C49H78O5/c1-4-7-10-13-16-18-20-22-24-25-27-28-30-32-34-36-39-42-48(50)53-46-47(45-52-44-41-38-15-12-9-6-3)54-49(51)43-40-37-35-33-31-29-26-23-21-19-17-14-11-8-5-2/h7-8,10-11,16-19,22-24,26-28,31,33,37,40,47H,4-6,9,12-15,20-21,25,29-30,32,34-36,38-39,41-46H2,1-3H3/b10-7-,11-8-,18-16-,19-17-,24-22-,26-23-,28-27-,33-31-,40-37-. The molecule has 0 radical (unpaired) electrons. The average Bonchev–Trinajstić information content (AvgIpc) is 3.17. The molecule has 0 aliphatic carbocycles. The summed E-state index contributed by atoms with van der Waals surface area (Å²) < 4.78 is 17.0. The van der Waals surface area contributed by atoms with Crippen LogP contribution < -0.4 is 0 Å². The molecule has 54 heavy (non-hydrogen) atoms. The van der Waals surface area contributed by atoms with Crippen molar-refractivity contribution in [3.05, 3.63) is 109 Å². The first-order chi connectivity index (χ1) is 26.6. The van der Waals surface area contributed by atoms with Crippen LogP contribution in [0.3, 0.4) is 0 Å². The Balaban J connectivity index is 4.34. The second kappa shape index (κ2) is 44.0. The maximum atomic E-state index is 12.6. The Morgan fingerprint density at radius 1 is 0.444 bits per heavy atom. The van der Waals surface area contributed by atoms with Crippen molar-refractivity contribution in [2.45, 2.75) is 168 Å². The van der Waals surface area contributed by atoms with Gasteiger partial charge in [0.1, 0.15) is 6.61 Å². The van der Waals surface area contributed by atoms with Gasteiger partial charge in [0, 0.05) is 13.0 Å². The molecule has 5 heteroatoms. The van der Waals surface area contributed by atoms with Crippen molar-refractivity contribution in [3.63, 3.8) is 0 Å². The molecule has 0 heterocycles. The van der Waals surface area contributed by atoms with Gasteiger partial charge in [0.25, 0.3) is 0 Å². The highest BCUT2D eigenvalue weighted by Crippen LogP contribution is 2.09. The zero-order valence-electron chi connectivity index (χ0n) is 34.7. The molecule has 0 aliphatic rings. The van der Waals surface area contributed by atoms with Crippen LogP contribution >= 0.6 is 0 Å². The first-order valence-electron chi connectivity index (χ1n) is 21.4. The van der Waals surface area contributed by atoms with Gasteiger partial charge in [0.2, 0.25) is 0 Å². The summed E-state index contributed by atoms with van der Waals surface area (Å²) in [5.74, 6) is -0.586. The topological polar surface area (TPSA) is 61.8 Å². The van der Waals surface area contributed by atoms with E-state index in [9.17, 15) is 9.59 Å². The van der Waals surface area contributed by atoms with Gasteiger partial charge in [-0.15, -0.1) is 0 Å². The molecule has 0 amide bonds. The third-order valence-corrected chi connectivity index (χ3v) is 8.34. The molecule has 0 aliphatic heterocycles. The van der Waals surface area contributed by atoms with E-state index in [4.69, 9.17) is 14.2 Å². The summed E-state index contributed by atoms with van der Waals surface area (Å²) in [6.07, 6.45) is 59.8. The number of hydrogen-bond acceptors (Lipinski definition) is 5. The van der Waals surface area contributed by atoms with E-state index in [0.29, 0.717) is 13.0 Å². The minimum absolute atomic E-state index is 0.0264. The second-order valence-corrected chi connectivity index (χ2v) is 13.5. The quantitative estimate of drug-likeness (QED) is 0.0360. The van der Waals surface area contributed by atoms with Crippen LogP contribution in [0.5, 0.6) is 0 Å². The number of rotatable bonds is 37. The molecular formula is C49H78O5. The van der Waals surface area contributed by atoms with Crippen LogP contribution in [0.25, 0.3) is 0 Å². The predicted molar refractivity (Wildman–Crippen MR) is 233 cm³/mol. The predicted octanol–water partition coefficient (Wildman–Crippen LogP) is 14.1. The molecule has 1 unspecified atom stereocenters.